The molecule has 84 valence electrons. The van der Waals surface area contributed by atoms with Gasteiger partial charge in [0.15, 0.2) is 0 Å². The molecule has 1 rings (SSSR count). The Morgan fingerprint density at radius 1 is 1.33 bits per heavy atom. The zero-order valence-corrected chi connectivity index (χ0v) is 9.97. The molecule has 0 amide bonds. The number of anilines is 1. The topological polar surface area (TPSA) is 44.5 Å². The third-order valence-corrected chi connectivity index (χ3v) is 2.71. The Morgan fingerprint density at radius 2 is 2.13 bits per heavy atom. The number of methoxy groups -OCH3 is 1. The maximum Gasteiger partial charge on any atom is 0.122 e. The zero-order chi connectivity index (χ0) is 11.1. The number of rotatable bonds is 6. The maximum absolute atomic E-state index is 5.77. The Kier molecular flexibility index (Phi) is 5.36. The summed E-state index contributed by atoms with van der Waals surface area (Å²) >= 11 is 1.71. The normalized spacial score (nSPS) is 10.3. The summed E-state index contributed by atoms with van der Waals surface area (Å²) in [6.45, 7) is 3.36. The molecule has 1 aromatic rings. The molecule has 0 aliphatic carbocycles. The lowest BCUT2D eigenvalue weighted by atomic mass is 10.3. The standard InChI is InChI=1S/C11H17NO2S/c1-3-14-10-6-9(12)7-11(8-10)15-5-4-13-2/h6-8H,3-5,12H2,1-2H3. The van der Waals surface area contributed by atoms with Crippen molar-refractivity contribution in [3.05, 3.63) is 18.2 Å². The lowest BCUT2D eigenvalue weighted by Gasteiger charge is -2.07. The summed E-state index contributed by atoms with van der Waals surface area (Å²) in [5.41, 5.74) is 6.51. The van der Waals surface area contributed by atoms with Crippen LogP contribution in [0, 0.1) is 0 Å². The highest BCUT2D eigenvalue weighted by Gasteiger charge is 2.00. The van der Waals surface area contributed by atoms with Crippen molar-refractivity contribution in [2.24, 2.45) is 0 Å². The molecule has 0 radical (unpaired) electrons. The Hall–Kier alpha value is -0.870. The molecular weight excluding hydrogens is 210 g/mol. The van der Waals surface area contributed by atoms with Crippen LogP contribution in [0.25, 0.3) is 0 Å². The molecule has 0 atom stereocenters. The molecule has 0 aromatic heterocycles. The molecule has 15 heavy (non-hydrogen) atoms. The first kappa shape index (κ1) is 12.2. The molecule has 1 aromatic carbocycles. The molecule has 0 heterocycles. The van der Waals surface area contributed by atoms with Gasteiger partial charge in [-0.15, -0.1) is 11.8 Å². The van der Waals surface area contributed by atoms with E-state index in [-0.39, 0.29) is 0 Å². The minimum absolute atomic E-state index is 0.658. The first-order chi connectivity index (χ1) is 7.26. The first-order valence-electron chi connectivity index (χ1n) is 4.91. The number of hydrogen-bond donors (Lipinski definition) is 1. The van der Waals surface area contributed by atoms with Gasteiger partial charge in [0.2, 0.25) is 0 Å². The minimum Gasteiger partial charge on any atom is -0.494 e. The molecule has 0 fully saturated rings. The van der Waals surface area contributed by atoms with Crippen LogP contribution >= 0.6 is 11.8 Å². The molecular formula is C11H17NO2S. The number of benzene rings is 1. The predicted molar refractivity (Wildman–Crippen MR) is 64.6 cm³/mol. The van der Waals surface area contributed by atoms with E-state index in [9.17, 15) is 0 Å². The summed E-state index contributed by atoms with van der Waals surface area (Å²) in [6, 6.07) is 5.78. The Balaban J connectivity index is 2.62. The third kappa shape index (κ3) is 4.44. The van der Waals surface area contributed by atoms with Gasteiger partial charge in [0.1, 0.15) is 5.75 Å². The second kappa shape index (κ2) is 6.58. The van der Waals surface area contributed by atoms with Gasteiger partial charge in [-0.05, 0) is 19.1 Å². The highest BCUT2D eigenvalue weighted by molar-refractivity contribution is 7.99. The molecule has 0 unspecified atom stereocenters. The van der Waals surface area contributed by atoms with Crippen LogP contribution in [0.1, 0.15) is 6.92 Å². The van der Waals surface area contributed by atoms with Gasteiger partial charge in [0, 0.05) is 29.5 Å². The van der Waals surface area contributed by atoms with Crippen LogP contribution in [0.3, 0.4) is 0 Å². The van der Waals surface area contributed by atoms with Gasteiger partial charge < -0.3 is 15.2 Å². The summed E-state index contributed by atoms with van der Waals surface area (Å²) in [5.74, 6) is 1.75. The SMILES string of the molecule is CCOc1cc(N)cc(SCCOC)c1. The predicted octanol–water partition coefficient (Wildman–Crippen LogP) is 2.41. The smallest absolute Gasteiger partial charge is 0.122 e. The van der Waals surface area contributed by atoms with Crippen LogP contribution in [0.5, 0.6) is 5.75 Å². The summed E-state index contributed by atoms with van der Waals surface area (Å²) < 4.78 is 10.4. The fourth-order valence-corrected chi connectivity index (χ4v) is 2.07. The highest BCUT2D eigenvalue weighted by atomic mass is 32.2. The van der Waals surface area contributed by atoms with E-state index in [2.05, 4.69) is 0 Å². The van der Waals surface area contributed by atoms with Crippen molar-refractivity contribution >= 4 is 17.4 Å². The second-order valence-electron chi connectivity index (χ2n) is 3.01. The summed E-state index contributed by atoms with van der Waals surface area (Å²) in [6.07, 6.45) is 0. The third-order valence-electron chi connectivity index (χ3n) is 1.77. The van der Waals surface area contributed by atoms with Crippen molar-refractivity contribution in [3.8, 4) is 5.75 Å². The Morgan fingerprint density at radius 3 is 2.80 bits per heavy atom. The Bertz CT molecular complexity index is 305. The van der Waals surface area contributed by atoms with Crippen LogP contribution in [0.2, 0.25) is 0 Å². The van der Waals surface area contributed by atoms with Crippen molar-refractivity contribution < 1.29 is 9.47 Å². The monoisotopic (exact) mass is 227 g/mol. The quantitative estimate of drug-likeness (QED) is 0.460. The number of nitrogens with two attached hydrogens (primary N) is 1. The molecule has 0 spiro atoms. The van der Waals surface area contributed by atoms with E-state index in [1.54, 1.807) is 18.9 Å². The number of nitrogen functional groups attached to an aromatic ring is 1. The van der Waals surface area contributed by atoms with E-state index >= 15 is 0 Å². The summed E-state index contributed by atoms with van der Waals surface area (Å²) in [4.78, 5) is 1.12. The minimum atomic E-state index is 0.658. The van der Waals surface area contributed by atoms with Gasteiger partial charge in [0.05, 0.1) is 13.2 Å². The van der Waals surface area contributed by atoms with Gasteiger partial charge >= 0.3 is 0 Å². The van der Waals surface area contributed by atoms with Gasteiger partial charge in [-0.3, -0.25) is 0 Å². The molecule has 2 N–H and O–H groups in total. The highest BCUT2D eigenvalue weighted by Crippen LogP contribution is 2.26. The van der Waals surface area contributed by atoms with E-state index in [1.165, 1.54) is 0 Å². The molecule has 0 saturated heterocycles. The van der Waals surface area contributed by atoms with E-state index in [4.69, 9.17) is 15.2 Å². The number of hydrogen-bond acceptors (Lipinski definition) is 4. The summed E-state index contributed by atoms with van der Waals surface area (Å²) in [7, 11) is 1.70. The van der Waals surface area contributed by atoms with Gasteiger partial charge in [0.25, 0.3) is 0 Å². The number of thioether (sulfide) groups is 1. The lowest BCUT2D eigenvalue weighted by molar-refractivity contribution is 0.218. The second-order valence-corrected chi connectivity index (χ2v) is 4.18. The van der Waals surface area contributed by atoms with Gasteiger partial charge in [-0.1, -0.05) is 0 Å². The molecule has 0 saturated carbocycles. The van der Waals surface area contributed by atoms with Crippen molar-refractivity contribution in [2.75, 3.05) is 31.8 Å². The van der Waals surface area contributed by atoms with Crippen LogP contribution in [0.4, 0.5) is 5.69 Å². The van der Waals surface area contributed by atoms with Crippen molar-refractivity contribution in [3.63, 3.8) is 0 Å². The fourth-order valence-electron chi connectivity index (χ4n) is 1.17. The number of ether oxygens (including phenoxy) is 2. The van der Waals surface area contributed by atoms with E-state index < -0.39 is 0 Å². The van der Waals surface area contributed by atoms with Gasteiger partial charge in [-0.25, -0.2) is 0 Å². The fraction of sp³-hybridized carbons (Fsp3) is 0.455. The lowest BCUT2D eigenvalue weighted by Crippen LogP contribution is -1.95. The van der Waals surface area contributed by atoms with Crippen molar-refractivity contribution in [1.82, 2.24) is 0 Å². The molecule has 3 nitrogen and oxygen atoms in total. The van der Waals surface area contributed by atoms with E-state index in [0.717, 1.165) is 28.7 Å². The zero-order valence-electron chi connectivity index (χ0n) is 9.16. The first-order valence-corrected chi connectivity index (χ1v) is 5.90. The van der Waals surface area contributed by atoms with Crippen LogP contribution < -0.4 is 10.5 Å². The average molecular weight is 227 g/mol. The van der Waals surface area contributed by atoms with E-state index in [1.807, 2.05) is 25.1 Å². The molecule has 4 heteroatoms. The largest absolute Gasteiger partial charge is 0.494 e. The van der Waals surface area contributed by atoms with Crippen LogP contribution in [-0.2, 0) is 4.74 Å². The van der Waals surface area contributed by atoms with E-state index in [0.29, 0.717) is 6.61 Å². The molecule has 0 aliphatic heterocycles. The maximum atomic E-state index is 5.77. The van der Waals surface area contributed by atoms with Crippen molar-refractivity contribution in [1.29, 1.82) is 0 Å². The van der Waals surface area contributed by atoms with Crippen LogP contribution in [-0.4, -0.2) is 26.1 Å². The molecule has 0 bridgehead atoms. The summed E-state index contributed by atoms with van der Waals surface area (Å²) in [5, 5.41) is 0. The molecule has 0 aliphatic rings. The van der Waals surface area contributed by atoms with Gasteiger partial charge in [-0.2, -0.15) is 0 Å². The average Bonchev–Trinajstić information content (AvgIpc) is 2.18. The Labute approximate surface area is 94.9 Å². The van der Waals surface area contributed by atoms with Crippen LogP contribution in [0.15, 0.2) is 23.1 Å². The van der Waals surface area contributed by atoms with Crippen molar-refractivity contribution in [2.45, 2.75) is 11.8 Å².